The summed E-state index contributed by atoms with van der Waals surface area (Å²) >= 11 is 6.16. The van der Waals surface area contributed by atoms with Crippen LogP contribution in [0.1, 0.15) is 56.2 Å². The number of aromatic hydroxyl groups is 1. The number of nitrogens with one attached hydrogen (secondary N) is 2. The third kappa shape index (κ3) is 4.53. The predicted octanol–water partition coefficient (Wildman–Crippen LogP) is 4.35. The highest BCUT2D eigenvalue weighted by Gasteiger charge is 2.28. The minimum absolute atomic E-state index is 0.0825. The van der Waals surface area contributed by atoms with Crippen molar-refractivity contribution in [2.75, 3.05) is 0 Å². The standard InChI is InChI=1S/C24H22ClN3O4/c1-14-21-19(27-28-23(30)15-9-11-17(29)12-10-15)7-4-8-20(21)32-22(14)24(31)26-13-16-5-2-3-6-18(16)25/h2-3,5-6,9-12,29H,4,7-8,13H2,1H3,(H,26,31)(H,28,30)/b27-19+. The van der Waals surface area contributed by atoms with E-state index in [2.05, 4.69) is 15.8 Å². The fourth-order valence-electron chi connectivity index (χ4n) is 3.69. The van der Waals surface area contributed by atoms with Crippen molar-refractivity contribution in [3.05, 3.63) is 87.3 Å². The molecule has 0 atom stereocenters. The van der Waals surface area contributed by atoms with Gasteiger partial charge in [0, 0.05) is 34.7 Å². The first kappa shape index (κ1) is 21.6. The molecule has 0 unspecified atom stereocenters. The molecular formula is C24H22ClN3O4. The van der Waals surface area contributed by atoms with Crippen LogP contribution in [0.25, 0.3) is 0 Å². The molecule has 164 valence electrons. The number of rotatable bonds is 5. The Bertz CT molecular complexity index is 1200. The van der Waals surface area contributed by atoms with E-state index in [4.69, 9.17) is 16.0 Å². The van der Waals surface area contributed by atoms with Gasteiger partial charge < -0.3 is 14.8 Å². The highest BCUT2D eigenvalue weighted by molar-refractivity contribution is 6.31. The number of hydrogen-bond donors (Lipinski definition) is 3. The number of amides is 2. The molecule has 1 heterocycles. The summed E-state index contributed by atoms with van der Waals surface area (Å²) in [6.07, 6.45) is 2.15. The average molecular weight is 452 g/mol. The second-order valence-electron chi connectivity index (χ2n) is 7.53. The molecule has 0 saturated carbocycles. The summed E-state index contributed by atoms with van der Waals surface area (Å²) in [6, 6.07) is 13.2. The third-order valence-corrected chi connectivity index (χ3v) is 5.72. The zero-order chi connectivity index (χ0) is 22.7. The van der Waals surface area contributed by atoms with Crippen LogP contribution in [0.2, 0.25) is 5.02 Å². The highest BCUT2D eigenvalue weighted by atomic mass is 35.5. The minimum atomic E-state index is -0.386. The quantitative estimate of drug-likeness (QED) is 0.501. The summed E-state index contributed by atoms with van der Waals surface area (Å²) in [6.45, 7) is 2.10. The van der Waals surface area contributed by atoms with Crippen LogP contribution in [0.15, 0.2) is 58.0 Å². The van der Waals surface area contributed by atoms with Gasteiger partial charge in [0.2, 0.25) is 0 Å². The first-order valence-electron chi connectivity index (χ1n) is 10.2. The van der Waals surface area contributed by atoms with Crippen molar-refractivity contribution in [2.24, 2.45) is 5.10 Å². The molecule has 3 aromatic rings. The van der Waals surface area contributed by atoms with Crippen molar-refractivity contribution in [1.82, 2.24) is 10.7 Å². The molecule has 4 rings (SSSR count). The van der Waals surface area contributed by atoms with Crippen LogP contribution in [0.3, 0.4) is 0 Å². The fraction of sp³-hybridized carbons (Fsp3) is 0.208. The normalized spacial score (nSPS) is 14.1. The van der Waals surface area contributed by atoms with E-state index in [0.717, 1.165) is 17.5 Å². The van der Waals surface area contributed by atoms with Crippen LogP contribution in [0, 0.1) is 6.92 Å². The Morgan fingerprint density at radius 1 is 1.09 bits per heavy atom. The van der Waals surface area contributed by atoms with Crippen molar-refractivity contribution >= 4 is 29.1 Å². The Labute approximate surface area is 190 Å². The number of benzene rings is 2. The first-order chi connectivity index (χ1) is 15.4. The predicted molar refractivity (Wildman–Crippen MR) is 121 cm³/mol. The SMILES string of the molecule is Cc1c(C(=O)NCc2ccccc2Cl)oc2c1/C(=N/NC(=O)c1ccc(O)cc1)CCC2. The number of nitrogens with zero attached hydrogens (tertiary/aromatic N) is 1. The number of carbonyl (C=O) groups is 2. The van der Waals surface area contributed by atoms with Crippen LogP contribution < -0.4 is 10.7 Å². The Balaban J connectivity index is 1.51. The van der Waals surface area contributed by atoms with Gasteiger partial charge in [-0.2, -0.15) is 5.10 Å². The van der Waals surface area contributed by atoms with Gasteiger partial charge in [-0.25, -0.2) is 5.43 Å². The molecule has 32 heavy (non-hydrogen) atoms. The molecule has 0 spiro atoms. The third-order valence-electron chi connectivity index (χ3n) is 5.35. The summed E-state index contributed by atoms with van der Waals surface area (Å²) in [5.74, 6) is 0.294. The molecule has 0 saturated heterocycles. The van der Waals surface area contributed by atoms with E-state index < -0.39 is 0 Å². The molecule has 3 N–H and O–H groups in total. The maximum atomic E-state index is 12.8. The molecule has 0 bridgehead atoms. The maximum absolute atomic E-state index is 12.8. The molecule has 2 amide bonds. The molecule has 2 aromatic carbocycles. The number of halogens is 1. The van der Waals surface area contributed by atoms with Gasteiger partial charge in [-0.15, -0.1) is 0 Å². The van der Waals surface area contributed by atoms with Crippen molar-refractivity contribution in [3.63, 3.8) is 0 Å². The monoisotopic (exact) mass is 451 g/mol. The number of carbonyl (C=O) groups excluding carboxylic acids is 2. The number of fused-ring (bicyclic) bond motifs is 1. The number of phenols is 1. The second kappa shape index (κ2) is 9.28. The van der Waals surface area contributed by atoms with Crippen molar-refractivity contribution in [1.29, 1.82) is 0 Å². The van der Waals surface area contributed by atoms with Crippen LogP contribution in [-0.4, -0.2) is 22.6 Å². The van der Waals surface area contributed by atoms with E-state index in [1.165, 1.54) is 24.3 Å². The topological polar surface area (TPSA) is 104 Å². The lowest BCUT2D eigenvalue weighted by atomic mass is 9.93. The van der Waals surface area contributed by atoms with E-state index in [0.29, 0.717) is 40.5 Å². The molecule has 1 aliphatic rings. The lowest BCUT2D eigenvalue weighted by Crippen LogP contribution is -2.23. The van der Waals surface area contributed by atoms with Crippen molar-refractivity contribution < 1.29 is 19.1 Å². The Kier molecular flexibility index (Phi) is 6.28. The van der Waals surface area contributed by atoms with Gasteiger partial charge in [-0.1, -0.05) is 29.8 Å². The highest BCUT2D eigenvalue weighted by Crippen LogP contribution is 2.30. The number of phenolic OH excluding ortho intramolecular Hbond substituents is 1. The van der Waals surface area contributed by atoms with Gasteiger partial charge in [0.25, 0.3) is 11.8 Å². The van der Waals surface area contributed by atoms with E-state index >= 15 is 0 Å². The molecule has 1 aliphatic carbocycles. The van der Waals surface area contributed by atoms with Gasteiger partial charge in [0.05, 0.1) is 5.71 Å². The molecule has 7 nitrogen and oxygen atoms in total. The molecule has 1 aromatic heterocycles. The summed E-state index contributed by atoms with van der Waals surface area (Å²) in [4.78, 5) is 25.1. The average Bonchev–Trinajstić information content (AvgIpc) is 3.14. The van der Waals surface area contributed by atoms with Crippen LogP contribution in [0.5, 0.6) is 5.75 Å². The van der Waals surface area contributed by atoms with E-state index in [-0.39, 0.29) is 29.9 Å². The zero-order valence-corrected chi connectivity index (χ0v) is 18.2. The fourth-order valence-corrected chi connectivity index (χ4v) is 3.89. The smallest absolute Gasteiger partial charge is 0.287 e. The Morgan fingerprint density at radius 3 is 2.59 bits per heavy atom. The number of aryl methyl sites for hydroxylation is 1. The Morgan fingerprint density at radius 2 is 1.84 bits per heavy atom. The van der Waals surface area contributed by atoms with Gasteiger partial charge in [-0.3, -0.25) is 9.59 Å². The van der Waals surface area contributed by atoms with Gasteiger partial charge >= 0.3 is 0 Å². The number of hydrogen-bond acceptors (Lipinski definition) is 5. The summed E-state index contributed by atoms with van der Waals surface area (Å²) in [5.41, 5.74) is 5.88. The van der Waals surface area contributed by atoms with Crippen LogP contribution in [0.4, 0.5) is 0 Å². The lowest BCUT2D eigenvalue weighted by molar-refractivity contribution is 0.0919. The molecular weight excluding hydrogens is 430 g/mol. The first-order valence-corrected chi connectivity index (χ1v) is 10.6. The van der Waals surface area contributed by atoms with Gasteiger partial charge in [-0.05, 0) is 55.7 Å². The molecule has 0 aliphatic heterocycles. The zero-order valence-electron chi connectivity index (χ0n) is 17.4. The minimum Gasteiger partial charge on any atom is -0.508 e. The van der Waals surface area contributed by atoms with Crippen LogP contribution >= 0.6 is 11.6 Å². The maximum Gasteiger partial charge on any atom is 0.287 e. The van der Waals surface area contributed by atoms with Crippen molar-refractivity contribution in [2.45, 2.75) is 32.7 Å². The molecule has 8 heteroatoms. The van der Waals surface area contributed by atoms with E-state index in [9.17, 15) is 14.7 Å². The number of furan rings is 1. The lowest BCUT2D eigenvalue weighted by Gasteiger charge is -2.13. The second-order valence-corrected chi connectivity index (χ2v) is 7.94. The van der Waals surface area contributed by atoms with E-state index in [1.807, 2.05) is 25.1 Å². The largest absolute Gasteiger partial charge is 0.508 e. The van der Waals surface area contributed by atoms with Crippen molar-refractivity contribution in [3.8, 4) is 5.75 Å². The summed E-state index contributed by atoms with van der Waals surface area (Å²) in [7, 11) is 0. The van der Waals surface area contributed by atoms with E-state index in [1.54, 1.807) is 6.07 Å². The summed E-state index contributed by atoms with van der Waals surface area (Å²) < 4.78 is 5.89. The molecule has 0 fully saturated rings. The van der Waals surface area contributed by atoms with Gasteiger partial charge in [0.1, 0.15) is 11.5 Å². The van der Waals surface area contributed by atoms with Gasteiger partial charge in [0.15, 0.2) is 5.76 Å². The summed E-state index contributed by atoms with van der Waals surface area (Å²) in [5, 5.41) is 17.1. The van der Waals surface area contributed by atoms with Crippen LogP contribution in [-0.2, 0) is 13.0 Å². The number of hydrazone groups is 1. The molecule has 0 radical (unpaired) electrons. The Hall–Kier alpha value is -3.58.